The van der Waals surface area contributed by atoms with Crippen LogP contribution in [0, 0.1) is 20.8 Å². The second-order valence-electron chi connectivity index (χ2n) is 5.55. The summed E-state index contributed by atoms with van der Waals surface area (Å²) in [6.07, 6.45) is 0.748. The standard InChI is InChI=1S/C19H21BrO4/c1-12-7-13(2)14(3)17(8-12)23-5-6-24-19-15(11-21)9-16(20)10-18(19)22-4/h7-11H,5-6H2,1-4H3. The molecule has 0 bridgehead atoms. The lowest BCUT2D eigenvalue weighted by Crippen LogP contribution is -2.11. The van der Waals surface area contributed by atoms with Crippen LogP contribution in [0.5, 0.6) is 17.2 Å². The molecule has 0 N–H and O–H groups in total. The Labute approximate surface area is 150 Å². The van der Waals surface area contributed by atoms with Crippen molar-refractivity contribution in [2.24, 2.45) is 0 Å². The van der Waals surface area contributed by atoms with Gasteiger partial charge in [-0.15, -0.1) is 0 Å². The Hall–Kier alpha value is -2.01. The number of methoxy groups -OCH3 is 1. The highest BCUT2D eigenvalue weighted by Crippen LogP contribution is 2.34. The van der Waals surface area contributed by atoms with Crippen molar-refractivity contribution in [3.05, 3.63) is 51.0 Å². The van der Waals surface area contributed by atoms with Crippen molar-refractivity contribution in [2.45, 2.75) is 20.8 Å². The summed E-state index contributed by atoms with van der Waals surface area (Å²) in [5.74, 6) is 1.79. The van der Waals surface area contributed by atoms with Crippen LogP contribution >= 0.6 is 15.9 Å². The van der Waals surface area contributed by atoms with Crippen molar-refractivity contribution < 1.29 is 19.0 Å². The molecule has 0 atom stereocenters. The highest BCUT2D eigenvalue weighted by molar-refractivity contribution is 9.10. The number of carbonyl (C=O) groups excluding carboxylic acids is 1. The molecule has 24 heavy (non-hydrogen) atoms. The van der Waals surface area contributed by atoms with Gasteiger partial charge in [0.1, 0.15) is 19.0 Å². The number of benzene rings is 2. The Morgan fingerprint density at radius 2 is 1.71 bits per heavy atom. The van der Waals surface area contributed by atoms with Gasteiger partial charge in [-0.3, -0.25) is 4.79 Å². The maximum atomic E-state index is 11.2. The fourth-order valence-corrected chi connectivity index (χ4v) is 2.88. The van der Waals surface area contributed by atoms with Gasteiger partial charge in [-0.1, -0.05) is 22.0 Å². The molecule has 0 spiro atoms. The quantitative estimate of drug-likeness (QED) is 0.507. The first-order valence-corrected chi connectivity index (χ1v) is 8.41. The number of carbonyl (C=O) groups is 1. The Balaban J connectivity index is 2.04. The topological polar surface area (TPSA) is 44.8 Å². The van der Waals surface area contributed by atoms with Crippen molar-refractivity contribution in [1.29, 1.82) is 0 Å². The van der Waals surface area contributed by atoms with E-state index in [0.29, 0.717) is 30.3 Å². The van der Waals surface area contributed by atoms with Gasteiger partial charge < -0.3 is 14.2 Å². The summed E-state index contributed by atoms with van der Waals surface area (Å²) in [6, 6.07) is 7.60. The van der Waals surface area contributed by atoms with E-state index < -0.39 is 0 Å². The molecule has 0 radical (unpaired) electrons. The van der Waals surface area contributed by atoms with Gasteiger partial charge >= 0.3 is 0 Å². The van der Waals surface area contributed by atoms with Crippen molar-refractivity contribution in [1.82, 2.24) is 0 Å². The number of ether oxygens (including phenoxy) is 3. The molecule has 0 aliphatic carbocycles. The van der Waals surface area contributed by atoms with Crippen LogP contribution in [0.1, 0.15) is 27.0 Å². The molecule has 0 heterocycles. The predicted octanol–water partition coefficient (Wildman–Crippen LogP) is 4.65. The molecule has 0 unspecified atom stereocenters. The van der Waals surface area contributed by atoms with Crippen LogP contribution in [-0.4, -0.2) is 26.6 Å². The second-order valence-corrected chi connectivity index (χ2v) is 6.46. The smallest absolute Gasteiger partial charge is 0.171 e. The number of hydrogen-bond acceptors (Lipinski definition) is 4. The summed E-state index contributed by atoms with van der Waals surface area (Å²) in [7, 11) is 1.54. The van der Waals surface area contributed by atoms with E-state index in [1.54, 1.807) is 19.2 Å². The molecule has 0 aliphatic rings. The summed E-state index contributed by atoms with van der Waals surface area (Å²) < 4.78 is 17.6. The normalized spacial score (nSPS) is 10.4. The first-order valence-electron chi connectivity index (χ1n) is 7.62. The Morgan fingerprint density at radius 3 is 2.38 bits per heavy atom. The highest BCUT2D eigenvalue weighted by Gasteiger charge is 2.12. The first kappa shape index (κ1) is 18.3. The monoisotopic (exact) mass is 392 g/mol. The third-order valence-electron chi connectivity index (χ3n) is 3.75. The molecular formula is C19H21BrO4. The van der Waals surface area contributed by atoms with Gasteiger partial charge in [0.25, 0.3) is 0 Å². The SMILES string of the molecule is COc1cc(Br)cc(C=O)c1OCCOc1cc(C)cc(C)c1C. The molecule has 2 aromatic rings. The number of aldehydes is 1. The molecular weight excluding hydrogens is 372 g/mol. The van der Waals surface area contributed by atoms with Crippen molar-refractivity contribution in [3.63, 3.8) is 0 Å². The molecule has 0 aliphatic heterocycles. The van der Waals surface area contributed by atoms with Gasteiger partial charge in [-0.05, 0) is 55.7 Å². The van der Waals surface area contributed by atoms with E-state index in [1.807, 2.05) is 19.9 Å². The minimum atomic E-state index is 0.311. The van der Waals surface area contributed by atoms with Crippen LogP contribution in [0.3, 0.4) is 0 Å². The molecule has 0 fully saturated rings. The third kappa shape index (κ3) is 4.29. The minimum absolute atomic E-state index is 0.311. The summed E-state index contributed by atoms with van der Waals surface area (Å²) in [4.78, 5) is 11.2. The lowest BCUT2D eigenvalue weighted by atomic mass is 10.1. The predicted molar refractivity (Wildman–Crippen MR) is 97.7 cm³/mol. The fourth-order valence-electron chi connectivity index (χ4n) is 2.43. The number of aryl methyl sites for hydroxylation is 2. The summed E-state index contributed by atoms with van der Waals surface area (Å²) >= 11 is 3.34. The van der Waals surface area contributed by atoms with Crippen molar-refractivity contribution >= 4 is 22.2 Å². The summed E-state index contributed by atoms with van der Waals surface area (Å²) in [5.41, 5.74) is 3.91. The molecule has 128 valence electrons. The van der Waals surface area contributed by atoms with Gasteiger partial charge in [-0.2, -0.15) is 0 Å². The van der Waals surface area contributed by atoms with Crippen molar-refractivity contribution in [3.8, 4) is 17.2 Å². The molecule has 2 rings (SSSR count). The van der Waals surface area contributed by atoms with E-state index in [4.69, 9.17) is 14.2 Å². The molecule has 2 aromatic carbocycles. The molecule has 0 saturated heterocycles. The van der Waals surface area contributed by atoms with Crippen molar-refractivity contribution in [2.75, 3.05) is 20.3 Å². The molecule has 0 saturated carbocycles. The van der Waals surface area contributed by atoms with Gasteiger partial charge in [0, 0.05) is 4.47 Å². The van der Waals surface area contributed by atoms with E-state index >= 15 is 0 Å². The van der Waals surface area contributed by atoms with Gasteiger partial charge in [0.15, 0.2) is 17.8 Å². The Bertz CT molecular complexity index is 741. The van der Waals surface area contributed by atoms with E-state index in [0.717, 1.165) is 27.6 Å². The van der Waals surface area contributed by atoms with Gasteiger partial charge in [0.2, 0.25) is 0 Å². The summed E-state index contributed by atoms with van der Waals surface area (Å²) in [5, 5.41) is 0. The molecule has 0 aromatic heterocycles. The van der Waals surface area contributed by atoms with Crippen LogP contribution in [0.25, 0.3) is 0 Å². The van der Waals surface area contributed by atoms with E-state index in [2.05, 4.69) is 28.9 Å². The Morgan fingerprint density at radius 1 is 1.00 bits per heavy atom. The van der Waals surface area contributed by atoms with E-state index in [-0.39, 0.29) is 0 Å². The zero-order valence-electron chi connectivity index (χ0n) is 14.3. The van der Waals surface area contributed by atoms with Crippen LogP contribution in [0.2, 0.25) is 0 Å². The lowest BCUT2D eigenvalue weighted by molar-refractivity contribution is 0.111. The van der Waals surface area contributed by atoms with Crippen LogP contribution in [0.4, 0.5) is 0 Å². The van der Waals surface area contributed by atoms with Gasteiger partial charge in [-0.25, -0.2) is 0 Å². The number of hydrogen-bond donors (Lipinski definition) is 0. The molecule has 0 amide bonds. The lowest BCUT2D eigenvalue weighted by Gasteiger charge is -2.15. The maximum absolute atomic E-state index is 11.2. The number of halogens is 1. The summed E-state index contributed by atoms with van der Waals surface area (Å²) in [6.45, 7) is 6.83. The van der Waals surface area contributed by atoms with E-state index in [1.165, 1.54) is 5.56 Å². The second kappa shape index (κ2) is 8.20. The first-order chi connectivity index (χ1) is 11.5. The zero-order chi connectivity index (χ0) is 17.7. The largest absolute Gasteiger partial charge is 0.493 e. The van der Waals surface area contributed by atoms with Crippen LogP contribution < -0.4 is 14.2 Å². The highest BCUT2D eigenvalue weighted by atomic mass is 79.9. The average Bonchev–Trinajstić information content (AvgIpc) is 2.55. The Kier molecular flexibility index (Phi) is 6.26. The van der Waals surface area contributed by atoms with E-state index in [9.17, 15) is 4.79 Å². The zero-order valence-corrected chi connectivity index (χ0v) is 15.9. The van der Waals surface area contributed by atoms with Gasteiger partial charge in [0.05, 0.1) is 12.7 Å². The average molecular weight is 393 g/mol. The third-order valence-corrected chi connectivity index (χ3v) is 4.20. The molecule has 4 nitrogen and oxygen atoms in total. The number of rotatable bonds is 7. The van der Waals surface area contributed by atoms with Crippen LogP contribution in [0.15, 0.2) is 28.7 Å². The maximum Gasteiger partial charge on any atom is 0.171 e. The minimum Gasteiger partial charge on any atom is -0.493 e. The fraction of sp³-hybridized carbons (Fsp3) is 0.316. The molecule has 5 heteroatoms. The van der Waals surface area contributed by atoms with Crippen LogP contribution in [-0.2, 0) is 0 Å².